The Morgan fingerprint density at radius 3 is 1.31 bits per heavy atom. The van der Waals surface area contributed by atoms with Crippen molar-refractivity contribution in [2.24, 2.45) is 60.3 Å². The van der Waals surface area contributed by atoms with E-state index in [1.54, 1.807) is 18.7 Å². The number of halogens is 1. The molecule has 128 heavy (non-hydrogen) atoms. The Balaban J connectivity index is 0.00000684. The third-order valence-corrected chi connectivity index (χ3v) is 28.1. The van der Waals surface area contributed by atoms with Crippen LogP contribution in [0.25, 0.3) is 5.32 Å². The Kier molecular flexibility index (Phi) is 51.4. The number of nitrogens with one attached hydrogen (secondary N) is 2. The summed E-state index contributed by atoms with van der Waals surface area (Å²) in [6.07, 6.45) is 29.7. The maximum absolute atomic E-state index is 16.4. The van der Waals surface area contributed by atoms with Crippen LogP contribution in [-0.4, -0.2) is 181 Å². The van der Waals surface area contributed by atoms with Crippen molar-refractivity contribution in [2.45, 2.75) is 369 Å². The largest absolute Gasteiger partial charge is 2.00 e. The number of aliphatic imine (C=N–C) groups is 3. The van der Waals surface area contributed by atoms with Gasteiger partial charge in [-0.1, -0.05) is 234 Å². The van der Waals surface area contributed by atoms with Crippen LogP contribution in [0.4, 0.5) is 0 Å². The molecule has 0 saturated carbocycles. The molecule has 5 rings (SSSR count). The van der Waals surface area contributed by atoms with E-state index in [1.165, 1.54) is 153 Å². The average Bonchev–Trinajstić information content (AvgIpc) is 1.52. The van der Waals surface area contributed by atoms with Gasteiger partial charge in [-0.25, -0.2) is 18.6 Å². The van der Waals surface area contributed by atoms with Crippen LogP contribution in [0.15, 0.2) is 48.9 Å². The molecular weight excluding hydrogens is 1740 g/mol. The summed E-state index contributed by atoms with van der Waals surface area (Å²) in [6.45, 7) is 20.0. The van der Waals surface area contributed by atoms with E-state index in [1.807, 2.05) is 41.5 Å². The van der Waals surface area contributed by atoms with Crippen LogP contribution in [-0.2, 0) is 108 Å². The number of unbranched alkanes of at least 4 members (excludes halogenated alkanes) is 28. The molecule has 34 heteroatoms. The van der Waals surface area contributed by atoms with Crippen LogP contribution < -0.4 is 29.3 Å². The summed E-state index contributed by atoms with van der Waals surface area (Å²) in [5.74, 6) is -10.2. The average molecular weight is 1890 g/mol. The van der Waals surface area contributed by atoms with Gasteiger partial charge in [0.05, 0.1) is 98.3 Å². The van der Waals surface area contributed by atoms with Gasteiger partial charge in [-0.15, -0.1) is 10.2 Å². The minimum Gasteiger partial charge on any atom is -0.680 e. The topological polar surface area (TPSA) is 460 Å². The van der Waals surface area contributed by atoms with Crippen LogP contribution in [0.1, 0.15) is 352 Å². The number of allylic oxidation sites excluding steroid dienone is 6. The van der Waals surface area contributed by atoms with Gasteiger partial charge in [0.1, 0.15) is 6.04 Å². The minimum absolute atomic E-state index is 0. The fourth-order valence-electron chi connectivity index (χ4n) is 19.7. The number of rotatable bonds is 59. The van der Waals surface area contributed by atoms with Crippen molar-refractivity contribution >= 4 is 86.8 Å². The van der Waals surface area contributed by atoms with Gasteiger partial charge >= 0.3 is 58.6 Å². The summed E-state index contributed by atoms with van der Waals surface area (Å²) < 4.78 is 105. The molecule has 0 unspecified atom stereocenters. The zero-order valence-corrected chi connectivity index (χ0v) is 82.5. The first-order chi connectivity index (χ1) is 60.0. The van der Waals surface area contributed by atoms with Gasteiger partial charge in [-0.05, 0) is 87.7 Å². The van der Waals surface area contributed by atoms with Crippen molar-refractivity contribution in [3.8, 4) is 0 Å². The van der Waals surface area contributed by atoms with Gasteiger partial charge in [-0.2, -0.15) is 14.1 Å². The zero-order chi connectivity index (χ0) is 94.9. The molecule has 3 N–H and O–H groups in total. The maximum Gasteiger partial charge on any atom is 2.00 e. The van der Waals surface area contributed by atoms with Crippen LogP contribution in [0.3, 0.4) is 0 Å². The zero-order valence-electron chi connectivity index (χ0n) is 79.9. The van der Waals surface area contributed by atoms with Crippen LogP contribution >= 0.6 is 0 Å². The van der Waals surface area contributed by atoms with Gasteiger partial charge in [0.2, 0.25) is 17.7 Å². The van der Waals surface area contributed by atoms with Crippen LogP contribution in [0, 0.1) is 55.6 Å². The number of ether oxygens (including phenoxy) is 7. The molecule has 3 amide bonds. The Morgan fingerprint density at radius 1 is 0.477 bits per heavy atom. The molecule has 1 radical (unpaired) electrons. The summed E-state index contributed by atoms with van der Waals surface area (Å²) >= 11 is 0. The van der Waals surface area contributed by atoms with E-state index in [2.05, 4.69) is 24.5 Å². The minimum atomic E-state index is -4.94. The number of fused-ring (bicyclic) bond motifs is 6. The molecule has 5 aliphatic rings. The first-order valence-corrected chi connectivity index (χ1v) is 49.4. The number of carbonyl (C=O) groups is 10. The van der Waals surface area contributed by atoms with Crippen molar-refractivity contribution in [3.63, 3.8) is 0 Å². The van der Waals surface area contributed by atoms with Gasteiger partial charge in [-0.3, -0.25) is 67.5 Å². The third kappa shape index (κ3) is 35.3. The second-order valence-electron chi connectivity index (χ2n) is 36.7. The normalized spacial score (nSPS) is 24.1. The molecule has 5 heterocycles. The molecule has 0 aromatic rings. The number of methoxy groups -OCH3 is 7. The standard InChI is InChI=1S/C94H155N7O20S.ClHO4.Co/c1-18-20-22-24-26-28-30-32-34-36-38-40-42-46-58-101(59-47-43-41-39-37-35-33-31-29-27-25-23-21-19-2)89(111)71(95-72(102)49-45-44-48-60-122(112,113)114)62-73(103)96-84-83-68(51-54-75(105)116-12)92(8,63-79(109)120-16)86(98-83)66(4)82-69(52-55-76(106)117-13)93(9,64-80(110)121-17)94(10,100-82)87-70(61-78(108)119-15)91(7,57-56-77(107)118-14)85(99-87)65(3)81-67(50-53-74(104)115-11)90(5,6)88(84)97-81;2-1(3,4)5;/h67-71,87H,18-64H2,1-17H3,(H4,95,96,97,98,99,100,102,103,112,113,114);(H,2,3,4,5);/q;;+2/p-2/t67-,68-,69-,70+,71+,87-,91-,92+,93+,94+;;/m1../s1. The Labute approximate surface area is 775 Å². The predicted molar refractivity (Wildman–Crippen MR) is 474 cm³/mol. The van der Waals surface area contributed by atoms with E-state index in [9.17, 15) is 51.3 Å². The molecular formula is C94H154ClCoN7O24S. The van der Waals surface area contributed by atoms with Crippen molar-refractivity contribution in [1.29, 1.82) is 0 Å². The molecule has 1 saturated heterocycles. The molecule has 0 aromatic carbocycles. The first-order valence-electron chi connectivity index (χ1n) is 46.6. The number of carbonyl (C=O) groups excluding carboxylic acids is 10. The smallest absolute Gasteiger partial charge is 0.680 e. The van der Waals surface area contributed by atoms with Crippen molar-refractivity contribution < 1.29 is 140 Å². The molecule has 1 fully saturated rings. The molecule has 5 aliphatic heterocycles. The second kappa shape index (κ2) is 57.0. The monoisotopic (exact) mass is 1890 g/mol. The Hall–Kier alpha value is -6.72. The van der Waals surface area contributed by atoms with E-state index >= 15 is 9.59 Å². The second-order valence-corrected chi connectivity index (χ2v) is 39.0. The first kappa shape index (κ1) is 115. The summed E-state index contributed by atoms with van der Waals surface area (Å²) in [4.78, 5) is 165. The van der Waals surface area contributed by atoms with E-state index < -0.39 is 161 Å². The summed E-state index contributed by atoms with van der Waals surface area (Å²) in [5.41, 5.74) is -4.56. The van der Waals surface area contributed by atoms with Crippen molar-refractivity contribution in [1.82, 2.24) is 15.5 Å². The van der Waals surface area contributed by atoms with Crippen LogP contribution in [0.2, 0.25) is 0 Å². The Bertz CT molecular complexity index is 3900. The summed E-state index contributed by atoms with van der Waals surface area (Å²) in [7, 11) is -0.388. The molecule has 10 atom stereocenters. The molecule has 31 nitrogen and oxygen atoms in total. The van der Waals surface area contributed by atoms with E-state index in [-0.39, 0.29) is 129 Å². The van der Waals surface area contributed by atoms with E-state index in [0.717, 1.165) is 64.2 Å². The van der Waals surface area contributed by atoms with Crippen molar-refractivity contribution in [3.05, 3.63) is 39.3 Å². The van der Waals surface area contributed by atoms with Gasteiger partial charge < -0.3 is 54.0 Å². The predicted octanol–water partition coefficient (Wildman–Crippen LogP) is 13.1. The molecule has 0 aromatic heterocycles. The fraction of sp³-hybridized carbons (Fsp3) is 0.798. The number of esters is 7. The van der Waals surface area contributed by atoms with E-state index in [0.29, 0.717) is 54.2 Å². The van der Waals surface area contributed by atoms with Gasteiger partial charge in [0.15, 0.2) is 0 Å². The molecule has 731 valence electrons. The molecule has 0 spiro atoms. The summed E-state index contributed by atoms with van der Waals surface area (Å²) in [5, 5.41) is 12.1. The van der Waals surface area contributed by atoms with Crippen molar-refractivity contribution in [2.75, 3.05) is 68.6 Å². The maximum atomic E-state index is 16.4. The van der Waals surface area contributed by atoms with Crippen LogP contribution in [0.5, 0.6) is 0 Å². The third-order valence-electron chi connectivity index (χ3n) is 27.3. The molecule has 0 aliphatic carbocycles. The molecule has 8 bridgehead atoms. The Morgan fingerprint density at radius 2 is 0.875 bits per heavy atom. The van der Waals surface area contributed by atoms with Gasteiger partial charge in [0, 0.05) is 102 Å². The quantitative estimate of drug-likeness (QED) is 0.0220. The van der Waals surface area contributed by atoms with E-state index in [4.69, 9.17) is 72.1 Å². The number of nitrogens with zero attached hydrogens (tertiary/aromatic N) is 5. The fourth-order valence-corrected chi connectivity index (χ4v) is 20.2. The van der Waals surface area contributed by atoms with Gasteiger partial charge in [0.25, 0.3) is 10.1 Å². The SMILES string of the molecule is CCCCCCCCCCCCCCCCN(CCCCCCCCCCCCCCCC)C(=O)[C@H](CC(=O)N/C1=C2N=C(/C(C)=C3\[N-][C@@](C)([C@@H]4N=C(/C(C)=C5N=C1C(C)(C)[C@@H]\5CCC(=O)OC)[C@](C)(CCC(=O)OC)[C@H]4CC(=O)OC)[C@@](C)(CC(=O)OC)[C@@H]3CCC(=O)OC)[C@@](C)(CC(=O)OC)[C@@H]/2CCC(=O)OC)NC(=O)CCCCCS(=O)(=O)O.[Co+2].[O-][Cl+3]([O-])([O-])[O-]. The summed E-state index contributed by atoms with van der Waals surface area (Å²) in [6, 6.07) is -2.57. The number of hydrogen-bond donors (Lipinski definition) is 3. The number of amides is 3. The number of hydrogen-bond acceptors (Lipinski definition) is 26.